The number of nitrogens with two attached hydrogens (primary N) is 3. The van der Waals surface area contributed by atoms with Gasteiger partial charge in [0, 0.05) is 17.8 Å². The highest BCUT2D eigenvalue weighted by Crippen LogP contribution is 2.15. The van der Waals surface area contributed by atoms with Gasteiger partial charge < -0.3 is 32.0 Å². The van der Waals surface area contributed by atoms with Gasteiger partial charge >= 0.3 is 6.16 Å². The van der Waals surface area contributed by atoms with Crippen LogP contribution < -0.4 is 22.5 Å². The van der Waals surface area contributed by atoms with Crippen LogP contribution in [0.5, 0.6) is 0 Å². The molecule has 33 heavy (non-hydrogen) atoms. The van der Waals surface area contributed by atoms with Gasteiger partial charge in [-0.3, -0.25) is 19.7 Å². The number of nitro groups is 1. The van der Waals surface area contributed by atoms with Crippen LogP contribution >= 0.6 is 0 Å². The Kier molecular flexibility index (Phi) is 9.12. The van der Waals surface area contributed by atoms with Crippen molar-refractivity contribution in [3.05, 3.63) is 69.8 Å². The van der Waals surface area contributed by atoms with Crippen LogP contribution in [0.2, 0.25) is 0 Å². The van der Waals surface area contributed by atoms with Gasteiger partial charge in [0.15, 0.2) is 0 Å². The summed E-state index contributed by atoms with van der Waals surface area (Å²) in [5.41, 5.74) is 17.9. The fourth-order valence-electron chi connectivity index (χ4n) is 2.71. The largest absolute Gasteiger partial charge is 0.508 e. The molecule has 0 spiro atoms. The van der Waals surface area contributed by atoms with E-state index in [1.165, 1.54) is 24.3 Å². The van der Waals surface area contributed by atoms with Gasteiger partial charge in [-0.25, -0.2) is 4.79 Å². The van der Waals surface area contributed by atoms with E-state index in [1.54, 1.807) is 24.3 Å². The molecule has 0 aliphatic heterocycles. The number of ether oxygens (including phenoxy) is 2. The molecular weight excluding hydrogens is 434 g/mol. The molecule has 12 heteroatoms. The summed E-state index contributed by atoms with van der Waals surface area (Å²) < 4.78 is 10.0. The lowest BCUT2D eigenvalue weighted by Crippen LogP contribution is -2.40. The minimum absolute atomic E-state index is 0.0495. The maximum absolute atomic E-state index is 11.8. The number of nitrogens with zero attached hydrogens (tertiary/aromatic N) is 1. The first-order chi connectivity index (χ1) is 15.7. The molecule has 0 radical (unpaired) electrons. The molecular formula is C21H25N5O7. The van der Waals surface area contributed by atoms with Crippen molar-refractivity contribution < 1.29 is 28.8 Å². The summed E-state index contributed by atoms with van der Waals surface area (Å²) in [5.74, 6) is -1.26. The summed E-state index contributed by atoms with van der Waals surface area (Å²) >= 11 is 0. The van der Waals surface area contributed by atoms with Crippen molar-refractivity contribution in [3.63, 3.8) is 0 Å². The van der Waals surface area contributed by atoms with Gasteiger partial charge in [-0.2, -0.15) is 0 Å². The highest BCUT2D eigenvalue weighted by Gasteiger charge is 2.18. The second kappa shape index (κ2) is 12.0. The van der Waals surface area contributed by atoms with Crippen LogP contribution in [0.15, 0.2) is 48.5 Å². The third-order valence-corrected chi connectivity index (χ3v) is 4.63. The van der Waals surface area contributed by atoms with Crippen LogP contribution in [-0.2, 0) is 32.3 Å². The zero-order valence-electron chi connectivity index (χ0n) is 17.6. The van der Waals surface area contributed by atoms with Gasteiger partial charge in [0.05, 0.1) is 11.0 Å². The van der Waals surface area contributed by atoms with Gasteiger partial charge in [0.1, 0.15) is 19.3 Å². The second-order valence-electron chi connectivity index (χ2n) is 7.13. The molecule has 0 aromatic heterocycles. The van der Waals surface area contributed by atoms with Crippen LogP contribution in [0.1, 0.15) is 24.0 Å². The van der Waals surface area contributed by atoms with Crippen LogP contribution in [0.3, 0.4) is 0 Å². The maximum atomic E-state index is 11.8. The van der Waals surface area contributed by atoms with Crippen LogP contribution in [-0.4, -0.2) is 35.0 Å². The van der Waals surface area contributed by atoms with E-state index in [0.29, 0.717) is 16.8 Å². The van der Waals surface area contributed by atoms with E-state index in [-0.39, 0.29) is 31.7 Å². The van der Waals surface area contributed by atoms with E-state index in [2.05, 4.69) is 5.32 Å². The van der Waals surface area contributed by atoms with Crippen LogP contribution in [0, 0.1) is 10.1 Å². The Hall–Kier alpha value is -4.19. The molecule has 7 N–H and O–H groups in total. The average Bonchev–Trinajstić information content (AvgIpc) is 2.79. The van der Waals surface area contributed by atoms with Crippen molar-refractivity contribution >= 4 is 29.3 Å². The molecule has 2 amide bonds. The summed E-state index contributed by atoms with van der Waals surface area (Å²) in [4.78, 5) is 44.6. The molecule has 2 aromatic carbocycles. The number of hydrogen-bond donors (Lipinski definition) is 4. The molecule has 0 aliphatic carbocycles. The Morgan fingerprint density at radius 3 is 1.85 bits per heavy atom. The van der Waals surface area contributed by atoms with Crippen LogP contribution in [0.25, 0.3) is 0 Å². The van der Waals surface area contributed by atoms with E-state index in [4.69, 9.17) is 26.7 Å². The predicted molar refractivity (Wildman–Crippen MR) is 118 cm³/mol. The number of amides is 2. The van der Waals surface area contributed by atoms with Crippen molar-refractivity contribution in [2.75, 3.05) is 5.32 Å². The standard InChI is InChI=1S/C21H25N5O7/c22-17(19(23)27)9-10-18(20(24)28)25-15-5-1-13(2-6-15)11-32-21(29)33-12-14-3-7-16(8-4-14)26(30)31/h1-8,17-18,25H,9-12,22H2,(H2,23,27)(H2,24,28)/t17?,18-/m0/s1. The molecule has 0 fully saturated rings. The number of carbonyl (C=O) groups is 3. The second-order valence-corrected chi connectivity index (χ2v) is 7.13. The Morgan fingerprint density at radius 1 is 0.879 bits per heavy atom. The lowest BCUT2D eigenvalue weighted by Gasteiger charge is -2.18. The van der Waals surface area contributed by atoms with E-state index in [0.717, 1.165) is 0 Å². The number of nitrogens with one attached hydrogen (secondary N) is 1. The van der Waals surface area contributed by atoms with E-state index in [1.807, 2.05) is 0 Å². The molecule has 1 unspecified atom stereocenters. The Bertz CT molecular complexity index is 980. The fraction of sp³-hybridized carbons (Fsp3) is 0.286. The molecule has 2 rings (SSSR count). The van der Waals surface area contributed by atoms with Gasteiger partial charge in [0.25, 0.3) is 5.69 Å². The minimum Gasteiger partial charge on any atom is -0.429 e. The Balaban J connectivity index is 1.79. The van der Waals surface area contributed by atoms with Crippen molar-refractivity contribution in [1.82, 2.24) is 0 Å². The first-order valence-corrected chi connectivity index (χ1v) is 9.88. The van der Waals surface area contributed by atoms with Gasteiger partial charge in [-0.05, 0) is 48.2 Å². The highest BCUT2D eigenvalue weighted by atomic mass is 16.7. The molecule has 2 atom stereocenters. The molecule has 0 aliphatic rings. The van der Waals surface area contributed by atoms with Crippen molar-refractivity contribution in [1.29, 1.82) is 0 Å². The molecule has 0 bridgehead atoms. The van der Waals surface area contributed by atoms with E-state index < -0.39 is 35.0 Å². The zero-order chi connectivity index (χ0) is 24.4. The summed E-state index contributed by atoms with van der Waals surface area (Å²) in [6.07, 6.45) is -0.468. The van der Waals surface area contributed by atoms with Crippen molar-refractivity contribution in [3.8, 4) is 0 Å². The molecule has 12 nitrogen and oxygen atoms in total. The fourth-order valence-corrected chi connectivity index (χ4v) is 2.71. The first-order valence-electron chi connectivity index (χ1n) is 9.88. The summed E-state index contributed by atoms with van der Waals surface area (Å²) in [6, 6.07) is 10.7. The summed E-state index contributed by atoms with van der Waals surface area (Å²) in [6.45, 7) is -0.139. The molecule has 0 saturated heterocycles. The predicted octanol–water partition coefficient (Wildman–Crippen LogP) is 1.31. The summed E-state index contributed by atoms with van der Waals surface area (Å²) in [5, 5.41) is 13.6. The van der Waals surface area contributed by atoms with Crippen molar-refractivity contribution in [2.45, 2.75) is 38.1 Å². The summed E-state index contributed by atoms with van der Waals surface area (Å²) in [7, 11) is 0. The van der Waals surface area contributed by atoms with Gasteiger partial charge in [-0.15, -0.1) is 0 Å². The lowest BCUT2D eigenvalue weighted by molar-refractivity contribution is -0.384. The van der Waals surface area contributed by atoms with Gasteiger partial charge in [-0.1, -0.05) is 12.1 Å². The molecule has 176 valence electrons. The van der Waals surface area contributed by atoms with Gasteiger partial charge in [0.2, 0.25) is 11.8 Å². The van der Waals surface area contributed by atoms with E-state index >= 15 is 0 Å². The minimum atomic E-state index is -0.893. The SMILES string of the molecule is NC(=O)C(N)CC[C@H](Nc1ccc(COC(=O)OCc2ccc([N+](=O)[O-])cc2)cc1)C(N)=O. The quantitative estimate of drug-likeness (QED) is 0.205. The topological polar surface area (TPSA) is 203 Å². The number of nitro benzene ring substituents is 1. The molecule has 0 heterocycles. The number of non-ortho nitro benzene ring substituents is 1. The highest BCUT2D eigenvalue weighted by molar-refractivity contribution is 5.83. The lowest BCUT2D eigenvalue weighted by atomic mass is 10.1. The maximum Gasteiger partial charge on any atom is 0.508 e. The van der Waals surface area contributed by atoms with Crippen LogP contribution in [0.4, 0.5) is 16.2 Å². The smallest absolute Gasteiger partial charge is 0.429 e. The third-order valence-electron chi connectivity index (χ3n) is 4.63. The monoisotopic (exact) mass is 459 g/mol. The molecule has 2 aromatic rings. The first kappa shape index (κ1) is 25.1. The average molecular weight is 459 g/mol. The number of anilines is 1. The number of rotatable bonds is 12. The third kappa shape index (κ3) is 8.45. The van der Waals surface area contributed by atoms with Crippen molar-refractivity contribution in [2.24, 2.45) is 17.2 Å². The molecule has 0 saturated carbocycles. The zero-order valence-corrected chi connectivity index (χ0v) is 17.6. The Morgan fingerprint density at radius 2 is 1.39 bits per heavy atom. The number of benzene rings is 2. The number of hydrogen-bond acceptors (Lipinski definition) is 9. The number of primary amides is 2. The number of carbonyl (C=O) groups excluding carboxylic acids is 3. The normalized spacial score (nSPS) is 12.3. The Labute approximate surface area is 189 Å². The van der Waals surface area contributed by atoms with E-state index in [9.17, 15) is 24.5 Å².